The fourth-order valence-corrected chi connectivity index (χ4v) is 2.88. The van der Waals surface area contributed by atoms with Crippen LogP contribution in [0.3, 0.4) is 0 Å². The van der Waals surface area contributed by atoms with Crippen molar-refractivity contribution in [3.8, 4) is 5.75 Å². The van der Waals surface area contributed by atoms with Gasteiger partial charge in [-0.2, -0.15) is 0 Å². The SMILES string of the molecule is COc1ccc(F)cc1C(C)NC1CCN(C(C)C)C1. The van der Waals surface area contributed by atoms with E-state index in [1.54, 1.807) is 19.2 Å². The van der Waals surface area contributed by atoms with Crippen molar-refractivity contribution in [2.24, 2.45) is 0 Å². The molecule has 0 aromatic heterocycles. The van der Waals surface area contributed by atoms with Gasteiger partial charge in [0.05, 0.1) is 7.11 Å². The molecule has 2 atom stereocenters. The van der Waals surface area contributed by atoms with Crippen molar-refractivity contribution in [1.29, 1.82) is 0 Å². The summed E-state index contributed by atoms with van der Waals surface area (Å²) in [7, 11) is 1.62. The molecule has 1 N–H and O–H groups in total. The number of rotatable bonds is 5. The fourth-order valence-electron chi connectivity index (χ4n) is 2.88. The molecule has 0 radical (unpaired) electrons. The van der Waals surface area contributed by atoms with Crippen LogP contribution < -0.4 is 10.1 Å². The Hall–Kier alpha value is -1.13. The van der Waals surface area contributed by atoms with Crippen LogP contribution in [0.15, 0.2) is 18.2 Å². The van der Waals surface area contributed by atoms with E-state index in [9.17, 15) is 4.39 Å². The van der Waals surface area contributed by atoms with Crippen molar-refractivity contribution in [3.05, 3.63) is 29.6 Å². The molecule has 4 heteroatoms. The van der Waals surface area contributed by atoms with E-state index in [-0.39, 0.29) is 11.9 Å². The highest BCUT2D eigenvalue weighted by atomic mass is 19.1. The van der Waals surface area contributed by atoms with Gasteiger partial charge in [0, 0.05) is 30.2 Å². The van der Waals surface area contributed by atoms with Crippen molar-refractivity contribution >= 4 is 0 Å². The zero-order valence-electron chi connectivity index (χ0n) is 12.8. The minimum atomic E-state index is -0.218. The van der Waals surface area contributed by atoms with Crippen molar-refractivity contribution in [3.63, 3.8) is 0 Å². The van der Waals surface area contributed by atoms with Gasteiger partial charge in [0.2, 0.25) is 0 Å². The summed E-state index contributed by atoms with van der Waals surface area (Å²) in [6.07, 6.45) is 1.14. The van der Waals surface area contributed by atoms with Crippen LogP contribution in [0.4, 0.5) is 4.39 Å². The maximum Gasteiger partial charge on any atom is 0.123 e. The molecule has 0 aliphatic carbocycles. The zero-order valence-corrected chi connectivity index (χ0v) is 12.8. The fraction of sp³-hybridized carbons (Fsp3) is 0.625. The molecule has 1 fully saturated rings. The van der Waals surface area contributed by atoms with Crippen molar-refractivity contribution in [2.75, 3.05) is 20.2 Å². The minimum Gasteiger partial charge on any atom is -0.496 e. The molecule has 0 amide bonds. The third-order valence-electron chi connectivity index (χ3n) is 4.09. The number of nitrogens with zero attached hydrogens (tertiary/aromatic N) is 1. The first-order chi connectivity index (χ1) is 9.51. The summed E-state index contributed by atoms with van der Waals surface area (Å²) >= 11 is 0. The molecule has 1 aromatic rings. The molecule has 0 spiro atoms. The normalized spacial score (nSPS) is 21.4. The Morgan fingerprint density at radius 2 is 2.10 bits per heavy atom. The predicted octanol–water partition coefficient (Wildman–Crippen LogP) is 2.97. The van der Waals surface area contributed by atoms with E-state index >= 15 is 0 Å². The Morgan fingerprint density at radius 3 is 2.70 bits per heavy atom. The third-order valence-corrected chi connectivity index (χ3v) is 4.09. The average molecular weight is 280 g/mol. The lowest BCUT2D eigenvalue weighted by Gasteiger charge is -2.23. The summed E-state index contributed by atoms with van der Waals surface area (Å²) in [6.45, 7) is 8.69. The summed E-state index contributed by atoms with van der Waals surface area (Å²) < 4.78 is 18.8. The summed E-state index contributed by atoms with van der Waals surface area (Å²) in [5.74, 6) is 0.523. The van der Waals surface area contributed by atoms with E-state index < -0.39 is 0 Å². The highest BCUT2D eigenvalue weighted by Crippen LogP contribution is 2.27. The summed E-state index contributed by atoms with van der Waals surface area (Å²) in [5.41, 5.74) is 0.885. The van der Waals surface area contributed by atoms with Crippen molar-refractivity contribution in [1.82, 2.24) is 10.2 Å². The van der Waals surface area contributed by atoms with Crippen LogP contribution in [0.2, 0.25) is 0 Å². The number of methoxy groups -OCH3 is 1. The van der Waals surface area contributed by atoms with Crippen LogP contribution in [-0.4, -0.2) is 37.2 Å². The first kappa shape index (κ1) is 15.3. The molecular weight excluding hydrogens is 255 g/mol. The van der Waals surface area contributed by atoms with Crippen LogP contribution in [0.5, 0.6) is 5.75 Å². The van der Waals surface area contributed by atoms with Gasteiger partial charge in [0.15, 0.2) is 0 Å². The molecule has 20 heavy (non-hydrogen) atoms. The average Bonchev–Trinajstić information content (AvgIpc) is 2.87. The molecule has 1 heterocycles. The number of hydrogen-bond donors (Lipinski definition) is 1. The smallest absolute Gasteiger partial charge is 0.123 e. The third kappa shape index (κ3) is 3.49. The molecular formula is C16H25FN2O. The van der Waals surface area contributed by atoms with E-state index in [0.29, 0.717) is 12.1 Å². The Balaban J connectivity index is 2.02. The zero-order chi connectivity index (χ0) is 14.7. The van der Waals surface area contributed by atoms with Gasteiger partial charge in [0.25, 0.3) is 0 Å². The Bertz CT molecular complexity index is 450. The predicted molar refractivity (Wildman–Crippen MR) is 79.6 cm³/mol. The van der Waals surface area contributed by atoms with Crippen LogP contribution in [-0.2, 0) is 0 Å². The van der Waals surface area contributed by atoms with Crippen LogP contribution in [0.1, 0.15) is 38.8 Å². The number of hydrogen-bond acceptors (Lipinski definition) is 3. The second-order valence-electron chi connectivity index (χ2n) is 5.85. The largest absolute Gasteiger partial charge is 0.496 e. The molecule has 1 aliphatic rings. The summed E-state index contributed by atoms with van der Waals surface area (Å²) in [4.78, 5) is 2.47. The van der Waals surface area contributed by atoms with Crippen LogP contribution in [0.25, 0.3) is 0 Å². The Kier molecular flexibility index (Phi) is 5.00. The summed E-state index contributed by atoms with van der Waals surface area (Å²) in [6, 6.07) is 5.81. The number of halogens is 1. The van der Waals surface area contributed by atoms with Gasteiger partial charge >= 0.3 is 0 Å². The lowest BCUT2D eigenvalue weighted by Crippen LogP contribution is -2.36. The lowest BCUT2D eigenvalue weighted by atomic mass is 10.1. The minimum absolute atomic E-state index is 0.0813. The maximum absolute atomic E-state index is 13.4. The second kappa shape index (κ2) is 6.55. The van der Waals surface area contributed by atoms with E-state index in [0.717, 1.165) is 30.8 Å². The quantitative estimate of drug-likeness (QED) is 0.897. The van der Waals surface area contributed by atoms with Gasteiger partial charge in [-0.1, -0.05) is 0 Å². The molecule has 1 saturated heterocycles. The van der Waals surface area contributed by atoms with E-state index in [1.165, 1.54) is 6.07 Å². The standard InChI is InChI=1S/C16H25FN2O/c1-11(2)19-8-7-14(10-19)18-12(3)15-9-13(17)5-6-16(15)20-4/h5-6,9,11-12,14,18H,7-8,10H2,1-4H3. The van der Waals surface area contributed by atoms with Gasteiger partial charge in [-0.05, 0) is 51.9 Å². The molecule has 0 bridgehead atoms. The topological polar surface area (TPSA) is 24.5 Å². The second-order valence-corrected chi connectivity index (χ2v) is 5.85. The molecule has 2 unspecified atom stereocenters. The van der Waals surface area contributed by atoms with Crippen LogP contribution in [0, 0.1) is 5.82 Å². The van der Waals surface area contributed by atoms with Gasteiger partial charge in [0.1, 0.15) is 11.6 Å². The molecule has 2 rings (SSSR count). The first-order valence-electron chi connectivity index (χ1n) is 7.34. The Morgan fingerprint density at radius 1 is 1.35 bits per heavy atom. The van der Waals surface area contributed by atoms with Crippen LogP contribution >= 0.6 is 0 Å². The molecule has 1 aliphatic heterocycles. The number of benzene rings is 1. The molecule has 0 saturated carbocycles. The van der Waals surface area contributed by atoms with E-state index in [4.69, 9.17) is 4.74 Å². The van der Waals surface area contributed by atoms with Crippen molar-refractivity contribution < 1.29 is 9.13 Å². The van der Waals surface area contributed by atoms with Gasteiger partial charge in [-0.15, -0.1) is 0 Å². The number of ether oxygens (including phenoxy) is 1. The van der Waals surface area contributed by atoms with Gasteiger partial charge < -0.3 is 10.1 Å². The molecule has 3 nitrogen and oxygen atoms in total. The van der Waals surface area contributed by atoms with Gasteiger partial charge in [-0.25, -0.2) is 4.39 Å². The molecule has 1 aromatic carbocycles. The first-order valence-corrected chi connectivity index (χ1v) is 7.34. The van der Waals surface area contributed by atoms with Gasteiger partial charge in [-0.3, -0.25) is 4.90 Å². The monoisotopic (exact) mass is 280 g/mol. The summed E-state index contributed by atoms with van der Waals surface area (Å²) in [5, 5.41) is 3.59. The van der Waals surface area contributed by atoms with Crippen molar-refractivity contribution in [2.45, 2.75) is 45.3 Å². The molecule has 112 valence electrons. The lowest BCUT2D eigenvalue weighted by molar-refractivity contribution is 0.265. The number of nitrogens with one attached hydrogen (secondary N) is 1. The van der Waals surface area contributed by atoms with E-state index in [1.807, 2.05) is 0 Å². The highest BCUT2D eigenvalue weighted by molar-refractivity contribution is 5.36. The Labute approximate surface area is 121 Å². The number of likely N-dealkylation sites (tertiary alicyclic amines) is 1. The maximum atomic E-state index is 13.4. The highest BCUT2D eigenvalue weighted by Gasteiger charge is 2.26. The van der Waals surface area contributed by atoms with E-state index in [2.05, 4.69) is 31.0 Å².